The summed E-state index contributed by atoms with van der Waals surface area (Å²) >= 11 is 1.87. The summed E-state index contributed by atoms with van der Waals surface area (Å²) in [6.45, 7) is 3.75. The number of benzene rings is 5. The molecule has 436 valence electrons. The van der Waals surface area contributed by atoms with Gasteiger partial charge in [0.05, 0.1) is 57.2 Å². The number of pyridine rings is 1. The number of fused-ring (bicyclic) bond motifs is 6. The van der Waals surface area contributed by atoms with Crippen LogP contribution in [0.15, 0.2) is 111 Å². The minimum atomic E-state index is -5.00. The van der Waals surface area contributed by atoms with Gasteiger partial charge in [-0.2, -0.15) is 52.5 Å². The van der Waals surface area contributed by atoms with E-state index < -0.39 is 88.6 Å². The van der Waals surface area contributed by atoms with Gasteiger partial charge in [0.1, 0.15) is 55.5 Å². The molecule has 5 aromatic carbocycles. The molecule has 0 saturated carbocycles. The number of azo groups is 3. The molecule has 0 fully saturated rings. The van der Waals surface area contributed by atoms with Crippen LogP contribution >= 0.6 is 23.1 Å². The van der Waals surface area contributed by atoms with Crippen molar-refractivity contribution in [1.82, 2.24) is 14.4 Å². The summed E-state index contributed by atoms with van der Waals surface area (Å²) in [6.07, 6.45) is -0.274. The molecule has 0 bridgehead atoms. The van der Waals surface area contributed by atoms with Crippen LogP contribution < -0.4 is 14.8 Å². The number of rotatable bonds is 21. The predicted molar refractivity (Wildman–Crippen MR) is 300 cm³/mol. The molecule has 0 aliphatic rings. The number of hydrogen-bond donors (Lipinski definition) is 7. The molecular weight excluding hydrogens is 1240 g/mol. The van der Waals surface area contributed by atoms with E-state index >= 15 is 0 Å². The molecule has 0 spiro atoms. The third-order valence-corrected chi connectivity index (χ3v) is 18.0. The lowest BCUT2D eigenvalue weighted by Gasteiger charge is -2.12. The number of thiazole rings is 1. The number of aryl methyl sites for hydroxylation is 1. The lowest BCUT2D eigenvalue weighted by molar-refractivity contribution is -0.114. The molecule has 0 atom stereocenters. The molecule has 30 nitrogen and oxygen atoms in total. The van der Waals surface area contributed by atoms with Crippen LogP contribution in [0.2, 0.25) is 0 Å². The summed E-state index contributed by atoms with van der Waals surface area (Å²) in [5.74, 6) is -2.70. The second-order valence-electron chi connectivity index (χ2n) is 17.6. The van der Waals surface area contributed by atoms with Crippen molar-refractivity contribution < 1.29 is 84.2 Å². The lowest BCUT2D eigenvalue weighted by Crippen LogP contribution is -2.11. The van der Waals surface area contributed by atoms with Crippen molar-refractivity contribution in [3.05, 3.63) is 77.4 Å². The van der Waals surface area contributed by atoms with Gasteiger partial charge in [0.15, 0.2) is 11.3 Å². The Kier molecular flexibility index (Phi) is 17.4. The van der Waals surface area contributed by atoms with Crippen molar-refractivity contribution in [2.45, 2.75) is 53.2 Å². The zero-order valence-electron chi connectivity index (χ0n) is 42.8. The van der Waals surface area contributed by atoms with E-state index in [9.17, 15) is 80.0 Å². The highest BCUT2D eigenvalue weighted by atomic mass is 32.2. The molecule has 3 aromatic heterocycles. The van der Waals surface area contributed by atoms with Gasteiger partial charge >= 0.3 is 0 Å². The highest BCUT2D eigenvalue weighted by molar-refractivity contribution is 7.99. The van der Waals surface area contributed by atoms with Crippen LogP contribution in [0.1, 0.15) is 36.5 Å². The first kappa shape index (κ1) is 61.3. The summed E-state index contributed by atoms with van der Waals surface area (Å²) in [6, 6.07) is 14.0. The van der Waals surface area contributed by atoms with Crippen LogP contribution in [0.3, 0.4) is 0 Å². The number of nitrogens with zero attached hydrogens (tertiary/aromatic N) is 10. The Labute approximate surface area is 478 Å². The largest absolute Gasteiger partial charge is 0.494 e. The Morgan fingerprint density at radius 1 is 0.747 bits per heavy atom. The third kappa shape index (κ3) is 14.0. The van der Waals surface area contributed by atoms with Gasteiger partial charge in [-0.3, -0.25) is 32.0 Å². The number of hydrogen-bond acceptors (Lipinski definition) is 25. The van der Waals surface area contributed by atoms with Crippen LogP contribution in [0.5, 0.6) is 17.4 Å². The minimum absolute atomic E-state index is 0.0122. The van der Waals surface area contributed by atoms with E-state index in [1.54, 1.807) is 6.92 Å². The second-order valence-corrected chi connectivity index (χ2v) is 27.1. The summed E-state index contributed by atoms with van der Waals surface area (Å²) < 4.78 is 181. The van der Waals surface area contributed by atoms with Gasteiger partial charge in [-0.25, -0.2) is 9.97 Å². The first-order chi connectivity index (χ1) is 38.7. The number of aromatic nitrogens is 3. The van der Waals surface area contributed by atoms with Crippen molar-refractivity contribution in [2.24, 2.45) is 30.7 Å². The topological polar surface area (TPSA) is 468 Å². The molecule has 0 aliphatic heterocycles. The summed E-state index contributed by atoms with van der Waals surface area (Å²) in [4.78, 5) is 18.8. The molecule has 37 heteroatoms. The van der Waals surface area contributed by atoms with E-state index in [1.807, 2.05) is 6.07 Å². The highest BCUT2D eigenvalue weighted by Gasteiger charge is 2.27. The average molecular weight is 1280 g/mol. The number of anilines is 1. The van der Waals surface area contributed by atoms with Gasteiger partial charge in [0.25, 0.3) is 50.6 Å². The smallest absolute Gasteiger partial charge is 0.296 e. The summed E-state index contributed by atoms with van der Waals surface area (Å²) in [5.41, 5.74) is -0.838. The Balaban J connectivity index is 1.20. The van der Waals surface area contributed by atoms with Crippen molar-refractivity contribution in [3.63, 3.8) is 0 Å². The van der Waals surface area contributed by atoms with Crippen molar-refractivity contribution >= 4 is 157 Å². The number of aromatic hydroxyl groups is 1. The predicted octanol–water partition coefficient (Wildman–Crippen LogP) is 9.42. The number of ether oxygens (including phenoxy) is 2. The Morgan fingerprint density at radius 3 is 2.02 bits per heavy atom. The van der Waals surface area contributed by atoms with Gasteiger partial charge in [-0.1, -0.05) is 17.4 Å². The van der Waals surface area contributed by atoms with E-state index in [4.69, 9.17) is 9.47 Å². The molecule has 3 heterocycles. The average Bonchev–Trinajstić information content (AvgIpc) is 3.21. The number of carbonyl (C=O) groups excluding carboxylic acids is 1. The van der Waals surface area contributed by atoms with Crippen LogP contribution in [-0.2, 0) is 55.4 Å². The quantitative estimate of drug-likeness (QED) is 0.0152. The molecule has 0 unspecified atom stereocenters. The zero-order chi connectivity index (χ0) is 60.7. The molecular formula is C46H41N11O19S7. The zero-order valence-corrected chi connectivity index (χ0v) is 48.6. The van der Waals surface area contributed by atoms with E-state index in [-0.39, 0.29) is 125 Å². The maximum atomic E-state index is 12.5. The molecule has 0 radical (unpaired) electrons. The third-order valence-electron chi connectivity index (χ3n) is 11.7. The number of nitrogens with one attached hydrogen (secondary N) is 1. The van der Waals surface area contributed by atoms with E-state index in [0.717, 1.165) is 64.8 Å². The molecule has 0 saturated heterocycles. The lowest BCUT2D eigenvalue weighted by atomic mass is 10.1. The van der Waals surface area contributed by atoms with Crippen molar-refractivity contribution in [1.29, 1.82) is 5.26 Å². The second kappa shape index (κ2) is 23.5. The Morgan fingerprint density at radius 2 is 1.39 bits per heavy atom. The first-order valence-electron chi connectivity index (χ1n) is 23.2. The Hall–Kier alpha value is -7.74. The molecule has 8 rings (SSSR count). The van der Waals surface area contributed by atoms with Crippen LogP contribution in [-0.4, -0.2) is 121 Å². The van der Waals surface area contributed by atoms with E-state index in [1.165, 1.54) is 44.4 Å². The van der Waals surface area contributed by atoms with Crippen LogP contribution in [0, 0.1) is 25.2 Å². The van der Waals surface area contributed by atoms with Gasteiger partial charge in [-0.15, -0.1) is 37.3 Å². The van der Waals surface area contributed by atoms with Gasteiger partial charge in [0, 0.05) is 34.9 Å². The molecule has 0 aliphatic carbocycles. The Bertz CT molecular complexity index is 4770. The van der Waals surface area contributed by atoms with E-state index in [2.05, 4.69) is 46.0 Å². The number of methoxy groups -OCH3 is 1. The molecule has 83 heavy (non-hydrogen) atoms. The monoisotopic (exact) mass is 1280 g/mol. The van der Waals surface area contributed by atoms with Gasteiger partial charge in [0.2, 0.25) is 16.9 Å². The molecule has 1 amide bonds. The van der Waals surface area contributed by atoms with Crippen molar-refractivity contribution in [2.75, 3.05) is 36.3 Å². The summed E-state index contributed by atoms with van der Waals surface area (Å²) in [7, 11) is -22.2. The normalized spacial score (nSPS) is 12.9. The van der Waals surface area contributed by atoms with Gasteiger partial charge in [-0.05, 0) is 85.9 Å². The fourth-order valence-corrected chi connectivity index (χ4v) is 13.0. The van der Waals surface area contributed by atoms with E-state index in [0.29, 0.717) is 10.5 Å². The number of amides is 1. The maximum Gasteiger partial charge on any atom is 0.296 e. The maximum absolute atomic E-state index is 12.5. The molecule has 8 aromatic rings. The van der Waals surface area contributed by atoms with Crippen molar-refractivity contribution in [3.8, 4) is 23.4 Å². The molecule has 7 N–H and O–H groups in total. The number of nitriles is 1. The number of thioether (sulfide) groups is 1. The minimum Gasteiger partial charge on any atom is -0.494 e. The standard InChI is InChI=1S/C46H41N11O19S7/c1-22-13-31(52-55-41-23(2)28(21-47)44-49-30-16-34(48-24(3)58)39(82(69,70)71)20-35(30)57(44)45(41)59)37(76-9-5-11-79(60,61)62)17-29(22)51-54-33-18-36(75-4)32(19-38(33)77-10-6-12-80(63,64)65)53-56-46-50-42-40(83(72,73)74)15-25-14-26(81(66,67)68)7-8-27(25)43(42)78-46/h7-8,13-20,59H,5-6,9-12H2,1-4H3,(H,48,58)(H,60,61,62)(H,63,64,65)(H,66,67,68)(H,69,70,71)(H,72,73,74). The van der Waals surface area contributed by atoms with Gasteiger partial charge < -0.3 is 19.9 Å². The fourth-order valence-electron chi connectivity index (χ4n) is 8.03. The highest BCUT2D eigenvalue weighted by Crippen LogP contribution is 2.46. The number of carbonyl (C=O) groups is 1. The van der Waals surface area contributed by atoms with Crippen LogP contribution in [0.25, 0.3) is 37.7 Å². The number of imidazole rings is 1. The fraction of sp³-hybridized carbons (Fsp3) is 0.217. The first-order valence-corrected chi connectivity index (χ1v) is 32.6. The SMILES string of the molecule is COc1cc(N=Nc2cc(OCCCS(=O)(=O)O)c(N=Nc3c(C)c(C#N)c4nc5cc(NC(C)=O)c(S(=O)(=O)O)cc5n4c3O)cc2C)c(SCCCS(=O)(=O)O)cc1N=Nc1nc2c(S(=O)(=O)O)cc3cc(S(=O)(=O)O)ccc3c2s1. The summed E-state index contributed by atoms with van der Waals surface area (Å²) in [5, 5.41) is 50.3. The van der Waals surface area contributed by atoms with Crippen LogP contribution in [0.4, 0.5) is 39.3 Å².